The van der Waals surface area contributed by atoms with E-state index in [1.165, 1.54) is 20.9 Å². The number of rotatable bonds is 10. The molecular weight excluding hydrogens is 456 g/mol. The molecule has 0 saturated carbocycles. The monoisotopic (exact) mass is 490 g/mol. The Kier molecular flexibility index (Phi) is 7.88. The number of aryl methyl sites for hydroxylation is 1. The zero-order chi connectivity index (χ0) is 24.9. The fourth-order valence-electron chi connectivity index (χ4n) is 4.27. The Bertz CT molecular complexity index is 1300. The lowest BCUT2D eigenvalue weighted by molar-refractivity contribution is 0.296. The van der Waals surface area contributed by atoms with Crippen LogP contribution in [0.3, 0.4) is 0 Å². The van der Waals surface area contributed by atoms with Crippen molar-refractivity contribution in [1.82, 2.24) is 14.9 Å². The lowest BCUT2D eigenvalue weighted by Crippen LogP contribution is -2.22. The van der Waals surface area contributed by atoms with Crippen LogP contribution in [-0.2, 0) is 6.54 Å². The van der Waals surface area contributed by atoms with E-state index in [9.17, 15) is 0 Å². The van der Waals surface area contributed by atoms with Gasteiger partial charge in [-0.15, -0.1) is 11.3 Å². The van der Waals surface area contributed by atoms with Crippen molar-refractivity contribution in [1.29, 1.82) is 0 Å². The molecule has 184 valence electrons. The molecule has 6 nitrogen and oxygen atoms in total. The Balaban J connectivity index is 1.63. The number of aromatic nitrogens is 2. The quantitative estimate of drug-likeness (QED) is 0.267. The average molecular weight is 491 g/mol. The number of thiophene rings is 1. The van der Waals surface area contributed by atoms with Crippen LogP contribution in [0.4, 0.5) is 5.82 Å². The molecule has 2 heterocycles. The number of nitrogens with one attached hydrogen (secondary N) is 1. The van der Waals surface area contributed by atoms with Crippen molar-refractivity contribution >= 4 is 28.1 Å². The fraction of sp³-hybridized carbons (Fsp3) is 0.357. The van der Waals surface area contributed by atoms with Gasteiger partial charge in [-0.2, -0.15) is 0 Å². The molecule has 0 amide bonds. The number of benzene rings is 2. The van der Waals surface area contributed by atoms with Crippen LogP contribution in [0.15, 0.2) is 48.5 Å². The van der Waals surface area contributed by atoms with E-state index < -0.39 is 0 Å². The highest BCUT2D eigenvalue weighted by Crippen LogP contribution is 2.37. The Morgan fingerprint density at radius 3 is 2.40 bits per heavy atom. The first kappa shape index (κ1) is 24.9. The molecule has 0 saturated heterocycles. The molecule has 4 rings (SSSR count). The van der Waals surface area contributed by atoms with E-state index in [4.69, 9.17) is 14.5 Å². The van der Waals surface area contributed by atoms with Crippen LogP contribution < -0.4 is 14.8 Å². The summed E-state index contributed by atoms with van der Waals surface area (Å²) in [6.07, 6.45) is 0. The molecule has 0 fully saturated rings. The predicted molar refractivity (Wildman–Crippen MR) is 146 cm³/mol. The van der Waals surface area contributed by atoms with Gasteiger partial charge in [-0.25, -0.2) is 9.97 Å². The number of ether oxygens (including phenoxy) is 2. The van der Waals surface area contributed by atoms with Gasteiger partial charge >= 0.3 is 0 Å². The van der Waals surface area contributed by atoms with Gasteiger partial charge in [0.15, 0.2) is 11.5 Å². The van der Waals surface area contributed by atoms with E-state index in [1.807, 2.05) is 30.4 Å². The highest BCUT2D eigenvalue weighted by molar-refractivity contribution is 7.15. The third-order valence-corrected chi connectivity index (χ3v) is 7.59. The summed E-state index contributed by atoms with van der Waals surface area (Å²) in [5.74, 6) is 2.81. The van der Waals surface area contributed by atoms with Crippen LogP contribution in [0.25, 0.3) is 21.3 Å². The van der Waals surface area contributed by atoms with Gasteiger partial charge in [-0.05, 0) is 56.3 Å². The first-order chi connectivity index (χ1) is 17.0. The molecule has 35 heavy (non-hydrogen) atoms. The lowest BCUT2D eigenvalue weighted by Gasteiger charge is -2.20. The molecule has 0 aliphatic carbocycles. The van der Waals surface area contributed by atoms with Crippen molar-refractivity contribution in [2.24, 2.45) is 0 Å². The minimum Gasteiger partial charge on any atom is -0.493 e. The Hall–Kier alpha value is -3.16. The van der Waals surface area contributed by atoms with Crippen LogP contribution in [0.1, 0.15) is 43.1 Å². The highest BCUT2D eigenvalue weighted by atomic mass is 32.1. The summed E-state index contributed by atoms with van der Waals surface area (Å²) in [4.78, 5) is 14.3. The van der Waals surface area contributed by atoms with Gasteiger partial charge in [-0.3, -0.25) is 4.90 Å². The number of fused-ring (bicyclic) bond motifs is 1. The van der Waals surface area contributed by atoms with E-state index >= 15 is 0 Å². The van der Waals surface area contributed by atoms with Crippen LogP contribution >= 0.6 is 11.3 Å². The first-order valence-corrected chi connectivity index (χ1v) is 12.9. The van der Waals surface area contributed by atoms with Gasteiger partial charge in [0.05, 0.1) is 25.8 Å². The maximum Gasteiger partial charge on any atom is 0.162 e. The summed E-state index contributed by atoms with van der Waals surface area (Å²) in [5, 5.41) is 4.52. The molecule has 0 spiro atoms. The van der Waals surface area contributed by atoms with E-state index in [0.717, 1.165) is 36.4 Å². The summed E-state index contributed by atoms with van der Waals surface area (Å²) < 4.78 is 11.0. The molecule has 2 aromatic carbocycles. The number of hydrogen-bond donors (Lipinski definition) is 1. The van der Waals surface area contributed by atoms with Crippen molar-refractivity contribution in [2.75, 3.05) is 32.6 Å². The minimum atomic E-state index is 0.0780. The predicted octanol–water partition coefficient (Wildman–Crippen LogP) is 6.70. The van der Waals surface area contributed by atoms with Crippen molar-refractivity contribution in [3.8, 4) is 21.9 Å². The van der Waals surface area contributed by atoms with Gasteiger partial charge in [0.25, 0.3) is 0 Å². The van der Waals surface area contributed by atoms with Crippen LogP contribution in [0.2, 0.25) is 0 Å². The normalized spacial score (nSPS) is 12.2. The summed E-state index contributed by atoms with van der Waals surface area (Å²) in [6.45, 7) is 11.6. The summed E-state index contributed by atoms with van der Waals surface area (Å²) in [7, 11) is 3.27. The summed E-state index contributed by atoms with van der Waals surface area (Å²) in [5.41, 5.74) is 3.49. The van der Waals surface area contributed by atoms with E-state index in [2.05, 4.69) is 72.4 Å². The van der Waals surface area contributed by atoms with Crippen molar-refractivity contribution in [3.63, 3.8) is 0 Å². The number of nitrogens with zero attached hydrogens (tertiary/aromatic N) is 3. The maximum absolute atomic E-state index is 5.52. The molecule has 7 heteroatoms. The molecule has 4 aromatic rings. The topological polar surface area (TPSA) is 59.5 Å². The molecule has 0 aliphatic heterocycles. The zero-order valence-electron chi connectivity index (χ0n) is 21.4. The average Bonchev–Trinajstić information content (AvgIpc) is 3.37. The first-order valence-electron chi connectivity index (χ1n) is 12.0. The second kappa shape index (κ2) is 11.1. The molecule has 0 bridgehead atoms. The van der Waals surface area contributed by atoms with Gasteiger partial charge in [0, 0.05) is 27.8 Å². The lowest BCUT2D eigenvalue weighted by atomic mass is 10.1. The van der Waals surface area contributed by atoms with E-state index in [1.54, 1.807) is 14.2 Å². The highest BCUT2D eigenvalue weighted by Gasteiger charge is 2.17. The van der Waals surface area contributed by atoms with E-state index in [-0.39, 0.29) is 6.04 Å². The SMILES string of the molecule is CCN(CC)Cc1ccccc1-c1ccc(C(C)Nc2nc(C)nc3cc(OC)c(OC)cc23)s1. The molecule has 1 N–H and O–H groups in total. The Morgan fingerprint density at radius 1 is 0.971 bits per heavy atom. The second-order valence-corrected chi connectivity index (χ2v) is 9.65. The molecule has 1 unspecified atom stereocenters. The summed E-state index contributed by atoms with van der Waals surface area (Å²) in [6, 6.07) is 17.1. The third-order valence-electron chi connectivity index (χ3n) is 6.29. The molecular formula is C28H34N4O2S. The third kappa shape index (κ3) is 5.41. The Morgan fingerprint density at radius 2 is 1.69 bits per heavy atom. The largest absolute Gasteiger partial charge is 0.493 e. The van der Waals surface area contributed by atoms with Gasteiger partial charge in [-0.1, -0.05) is 38.1 Å². The van der Waals surface area contributed by atoms with Crippen LogP contribution in [-0.4, -0.2) is 42.2 Å². The maximum atomic E-state index is 5.52. The number of hydrogen-bond acceptors (Lipinski definition) is 7. The molecule has 0 radical (unpaired) electrons. The number of methoxy groups -OCH3 is 2. The van der Waals surface area contributed by atoms with E-state index in [0.29, 0.717) is 17.3 Å². The molecule has 2 aromatic heterocycles. The smallest absolute Gasteiger partial charge is 0.162 e. The number of anilines is 1. The van der Waals surface area contributed by atoms with Crippen molar-refractivity contribution in [3.05, 3.63) is 64.8 Å². The minimum absolute atomic E-state index is 0.0780. The zero-order valence-corrected chi connectivity index (χ0v) is 22.2. The van der Waals surface area contributed by atoms with Crippen LogP contribution in [0.5, 0.6) is 11.5 Å². The van der Waals surface area contributed by atoms with Crippen molar-refractivity contribution in [2.45, 2.75) is 40.3 Å². The van der Waals surface area contributed by atoms with Gasteiger partial charge in [0.1, 0.15) is 11.6 Å². The second-order valence-electron chi connectivity index (χ2n) is 8.53. The van der Waals surface area contributed by atoms with Gasteiger partial charge < -0.3 is 14.8 Å². The van der Waals surface area contributed by atoms with Crippen LogP contribution in [0, 0.1) is 6.92 Å². The van der Waals surface area contributed by atoms with Gasteiger partial charge in [0.2, 0.25) is 0 Å². The fourth-order valence-corrected chi connectivity index (χ4v) is 5.35. The standard InChI is InChI=1S/C28H34N4O2S/c1-7-32(8-2)17-20-11-9-10-12-21(20)27-14-13-26(35-27)18(3)29-28-22-15-24(33-5)25(34-6)16-23(22)30-19(4)31-28/h9-16,18H,7-8,17H2,1-6H3,(H,29,30,31). The Labute approximate surface area is 211 Å². The summed E-state index contributed by atoms with van der Waals surface area (Å²) >= 11 is 1.82. The van der Waals surface area contributed by atoms with Crippen molar-refractivity contribution < 1.29 is 9.47 Å². The molecule has 0 aliphatic rings. The molecule has 1 atom stereocenters.